The molecule has 1 fully saturated rings. The van der Waals surface area contributed by atoms with Gasteiger partial charge in [0.2, 0.25) is 5.89 Å². The van der Waals surface area contributed by atoms with Gasteiger partial charge in [-0.3, -0.25) is 4.90 Å². The molecule has 2 rings (SSSR count). The lowest BCUT2D eigenvalue weighted by molar-refractivity contribution is 0.0740. The summed E-state index contributed by atoms with van der Waals surface area (Å²) in [7, 11) is 0. The lowest BCUT2D eigenvalue weighted by Gasteiger charge is -2.27. The highest BCUT2D eigenvalue weighted by Gasteiger charge is 2.23. The molecule has 0 saturated carbocycles. The third-order valence-electron chi connectivity index (χ3n) is 3.05. The summed E-state index contributed by atoms with van der Waals surface area (Å²) in [6.45, 7) is 8.69. The van der Waals surface area contributed by atoms with Crippen molar-refractivity contribution in [3.8, 4) is 0 Å². The van der Waals surface area contributed by atoms with Crippen LogP contribution < -0.4 is 0 Å². The summed E-state index contributed by atoms with van der Waals surface area (Å²) in [6, 6.07) is 0. The molecule has 1 saturated heterocycles. The highest BCUT2D eigenvalue weighted by atomic mass is 16.5. The number of likely N-dealkylation sites (tertiary alicyclic amines) is 1. The van der Waals surface area contributed by atoms with E-state index in [0.717, 1.165) is 31.8 Å². The molecule has 2 heterocycles. The van der Waals surface area contributed by atoms with E-state index in [9.17, 15) is 5.11 Å². The molecule has 5 heteroatoms. The van der Waals surface area contributed by atoms with E-state index >= 15 is 0 Å². The number of hydrogen-bond donors (Lipinski definition) is 1. The van der Waals surface area contributed by atoms with E-state index in [1.165, 1.54) is 0 Å². The van der Waals surface area contributed by atoms with Crippen molar-refractivity contribution in [3.63, 3.8) is 0 Å². The van der Waals surface area contributed by atoms with Crippen molar-refractivity contribution in [2.75, 3.05) is 13.1 Å². The maximum Gasteiger partial charge on any atom is 0.240 e. The lowest BCUT2D eigenvalue weighted by Crippen LogP contribution is -2.35. The average Bonchev–Trinajstić information content (AvgIpc) is 2.69. The number of nitrogens with zero attached hydrogens (tertiary/aromatic N) is 3. The van der Waals surface area contributed by atoms with Crippen molar-refractivity contribution in [2.45, 2.75) is 51.7 Å². The van der Waals surface area contributed by atoms with Gasteiger partial charge in [0.1, 0.15) is 0 Å². The van der Waals surface area contributed by atoms with Gasteiger partial charge in [0.05, 0.1) is 12.6 Å². The fraction of sp³-hybridized carbons (Fsp3) is 0.833. The second-order valence-corrected chi connectivity index (χ2v) is 5.77. The smallest absolute Gasteiger partial charge is 0.240 e. The molecule has 1 aliphatic heterocycles. The second-order valence-electron chi connectivity index (χ2n) is 5.77. The van der Waals surface area contributed by atoms with Crippen LogP contribution >= 0.6 is 0 Å². The van der Waals surface area contributed by atoms with E-state index < -0.39 is 0 Å². The highest BCUT2D eigenvalue weighted by molar-refractivity contribution is 4.99. The number of aliphatic hydroxyl groups is 1. The summed E-state index contributed by atoms with van der Waals surface area (Å²) < 4.78 is 5.26. The van der Waals surface area contributed by atoms with E-state index in [1.807, 2.05) is 0 Å². The summed E-state index contributed by atoms with van der Waals surface area (Å²) >= 11 is 0. The first-order chi connectivity index (χ1) is 7.95. The molecule has 96 valence electrons. The van der Waals surface area contributed by atoms with Crippen LogP contribution in [0.25, 0.3) is 0 Å². The van der Waals surface area contributed by atoms with Gasteiger partial charge in [0.15, 0.2) is 5.82 Å². The number of rotatable bonds is 2. The fourth-order valence-electron chi connectivity index (χ4n) is 1.89. The van der Waals surface area contributed by atoms with Crippen LogP contribution in [0.1, 0.15) is 45.3 Å². The quantitative estimate of drug-likeness (QED) is 0.843. The van der Waals surface area contributed by atoms with Crippen LogP contribution in [0.5, 0.6) is 0 Å². The first-order valence-electron chi connectivity index (χ1n) is 6.18. The monoisotopic (exact) mass is 239 g/mol. The minimum atomic E-state index is -0.140. The van der Waals surface area contributed by atoms with Crippen LogP contribution in [0.15, 0.2) is 4.52 Å². The predicted molar refractivity (Wildman–Crippen MR) is 63.5 cm³/mol. The number of aliphatic hydroxyl groups excluding tert-OH is 1. The maximum atomic E-state index is 9.43. The molecule has 17 heavy (non-hydrogen) atoms. The van der Waals surface area contributed by atoms with Gasteiger partial charge in [-0.05, 0) is 12.8 Å². The van der Waals surface area contributed by atoms with Crippen molar-refractivity contribution in [1.82, 2.24) is 15.0 Å². The zero-order valence-electron chi connectivity index (χ0n) is 10.8. The SMILES string of the molecule is CC(C)(C)c1noc(CN2CCC(O)CC2)n1. The summed E-state index contributed by atoms with van der Waals surface area (Å²) in [6.07, 6.45) is 1.53. The van der Waals surface area contributed by atoms with Crippen LogP contribution in [-0.2, 0) is 12.0 Å². The van der Waals surface area contributed by atoms with E-state index in [-0.39, 0.29) is 11.5 Å². The Labute approximate surface area is 102 Å². The lowest BCUT2D eigenvalue weighted by atomic mass is 9.96. The van der Waals surface area contributed by atoms with Crippen LogP contribution in [0.2, 0.25) is 0 Å². The Morgan fingerprint density at radius 2 is 2.00 bits per heavy atom. The number of piperidine rings is 1. The van der Waals surface area contributed by atoms with Crippen molar-refractivity contribution >= 4 is 0 Å². The summed E-state index contributed by atoms with van der Waals surface area (Å²) in [5.41, 5.74) is -0.0696. The summed E-state index contributed by atoms with van der Waals surface area (Å²) in [5, 5.41) is 13.4. The third kappa shape index (κ3) is 3.26. The number of aromatic nitrogens is 2. The van der Waals surface area contributed by atoms with E-state index in [0.29, 0.717) is 12.4 Å². The topological polar surface area (TPSA) is 62.4 Å². The first kappa shape index (κ1) is 12.5. The third-order valence-corrected chi connectivity index (χ3v) is 3.05. The zero-order valence-corrected chi connectivity index (χ0v) is 10.8. The van der Waals surface area contributed by atoms with E-state index in [1.54, 1.807) is 0 Å². The number of hydrogen-bond acceptors (Lipinski definition) is 5. The Morgan fingerprint density at radius 1 is 1.35 bits per heavy atom. The zero-order chi connectivity index (χ0) is 12.5. The molecule has 1 aromatic heterocycles. The Balaban J connectivity index is 1.93. The van der Waals surface area contributed by atoms with Gasteiger partial charge in [0.25, 0.3) is 0 Å². The van der Waals surface area contributed by atoms with Crippen LogP contribution in [-0.4, -0.2) is 39.3 Å². The van der Waals surface area contributed by atoms with Crippen molar-refractivity contribution in [3.05, 3.63) is 11.7 Å². The van der Waals surface area contributed by atoms with Gasteiger partial charge in [-0.15, -0.1) is 0 Å². The molecule has 0 bridgehead atoms. The molecule has 5 nitrogen and oxygen atoms in total. The molecule has 0 atom stereocenters. The van der Waals surface area contributed by atoms with Crippen molar-refractivity contribution < 1.29 is 9.63 Å². The Kier molecular flexibility index (Phi) is 3.49. The molecule has 1 aromatic rings. The Bertz CT molecular complexity index is 362. The van der Waals surface area contributed by atoms with Gasteiger partial charge in [-0.2, -0.15) is 4.98 Å². The van der Waals surface area contributed by atoms with E-state index in [4.69, 9.17) is 4.52 Å². The standard InChI is InChI=1S/C12H21N3O2/c1-12(2,3)11-13-10(17-14-11)8-15-6-4-9(16)5-7-15/h9,16H,4-8H2,1-3H3. The molecule has 0 spiro atoms. The van der Waals surface area contributed by atoms with Crippen molar-refractivity contribution in [2.24, 2.45) is 0 Å². The van der Waals surface area contributed by atoms with Gasteiger partial charge >= 0.3 is 0 Å². The minimum absolute atomic E-state index is 0.0696. The molecular formula is C12H21N3O2. The molecule has 0 aliphatic carbocycles. The molecular weight excluding hydrogens is 218 g/mol. The van der Waals surface area contributed by atoms with Crippen molar-refractivity contribution in [1.29, 1.82) is 0 Å². The Morgan fingerprint density at radius 3 is 2.53 bits per heavy atom. The summed E-state index contributed by atoms with van der Waals surface area (Å²) in [4.78, 5) is 6.66. The molecule has 0 radical (unpaired) electrons. The fourth-order valence-corrected chi connectivity index (χ4v) is 1.89. The van der Waals surface area contributed by atoms with Gasteiger partial charge in [0, 0.05) is 18.5 Å². The van der Waals surface area contributed by atoms with Gasteiger partial charge in [-0.25, -0.2) is 0 Å². The van der Waals surface area contributed by atoms with Crippen LogP contribution in [0.4, 0.5) is 0 Å². The van der Waals surface area contributed by atoms with Crippen LogP contribution in [0, 0.1) is 0 Å². The molecule has 0 unspecified atom stereocenters. The largest absolute Gasteiger partial charge is 0.393 e. The van der Waals surface area contributed by atoms with Crippen LogP contribution in [0.3, 0.4) is 0 Å². The molecule has 1 aliphatic rings. The predicted octanol–water partition coefficient (Wildman–Crippen LogP) is 1.32. The molecule has 0 aromatic carbocycles. The first-order valence-corrected chi connectivity index (χ1v) is 6.18. The molecule has 0 amide bonds. The Hall–Kier alpha value is -0.940. The van der Waals surface area contributed by atoms with Gasteiger partial charge in [-0.1, -0.05) is 25.9 Å². The van der Waals surface area contributed by atoms with Gasteiger partial charge < -0.3 is 9.63 Å². The minimum Gasteiger partial charge on any atom is -0.393 e. The average molecular weight is 239 g/mol. The van der Waals surface area contributed by atoms with E-state index in [2.05, 4.69) is 35.8 Å². The maximum absolute atomic E-state index is 9.43. The highest BCUT2D eigenvalue weighted by Crippen LogP contribution is 2.19. The summed E-state index contributed by atoms with van der Waals surface area (Å²) in [5.74, 6) is 1.43. The normalized spacial score (nSPS) is 19.8. The molecule has 1 N–H and O–H groups in total. The second kappa shape index (κ2) is 4.74.